The molecule has 10 heavy (non-hydrogen) atoms. The summed E-state index contributed by atoms with van der Waals surface area (Å²) in [6, 6.07) is 0.380. The Balaban J connectivity index is 2.04. The lowest BCUT2D eigenvalue weighted by Gasteiger charge is -2.38. The van der Waals surface area contributed by atoms with Crippen LogP contribution in [0.5, 0.6) is 0 Å². The lowest BCUT2D eigenvalue weighted by molar-refractivity contribution is 0.107. The molecule has 1 unspecified atom stereocenters. The molecule has 0 amide bonds. The first-order chi connectivity index (χ1) is 4.72. The van der Waals surface area contributed by atoms with Gasteiger partial charge in [0.05, 0.1) is 0 Å². The third-order valence-electron chi connectivity index (χ3n) is 1.87. The quantitative estimate of drug-likeness (QED) is 0.548. The number of aliphatic hydroxyl groups excluding tert-OH is 1. The molecule has 0 aromatic rings. The van der Waals surface area contributed by atoms with Crippen molar-refractivity contribution in [2.45, 2.75) is 13.0 Å². The van der Waals surface area contributed by atoms with Crippen molar-refractivity contribution >= 4 is 0 Å². The molecule has 0 bridgehead atoms. The van der Waals surface area contributed by atoms with Gasteiger partial charge in [-0.25, -0.2) is 0 Å². The van der Waals surface area contributed by atoms with Gasteiger partial charge in [0, 0.05) is 32.3 Å². The van der Waals surface area contributed by atoms with Gasteiger partial charge in [-0.2, -0.15) is 0 Å². The van der Waals surface area contributed by atoms with Gasteiger partial charge in [0.1, 0.15) is 0 Å². The summed E-state index contributed by atoms with van der Waals surface area (Å²) in [6.45, 7) is 5.33. The molecule has 1 saturated heterocycles. The summed E-state index contributed by atoms with van der Waals surface area (Å²) >= 11 is 0. The number of rotatable bonds is 3. The van der Waals surface area contributed by atoms with Crippen LogP contribution >= 0.6 is 0 Å². The van der Waals surface area contributed by atoms with Gasteiger partial charge in [0.15, 0.2) is 0 Å². The SMILES string of the molecule is CC(CO)CN1CC(N)C1. The second kappa shape index (κ2) is 3.32. The maximum absolute atomic E-state index is 8.71. The summed E-state index contributed by atoms with van der Waals surface area (Å²) < 4.78 is 0. The van der Waals surface area contributed by atoms with Crippen molar-refractivity contribution in [2.75, 3.05) is 26.2 Å². The fraction of sp³-hybridized carbons (Fsp3) is 1.00. The normalized spacial score (nSPS) is 24.3. The summed E-state index contributed by atoms with van der Waals surface area (Å²) in [6.07, 6.45) is 0. The number of aliphatic hydroxyl groups is 1. The third-order valence-corrected chi connectivity index (χ3v) is 1.87. The molecule has 1 rings (SSSR count). The van der Waals surface area contributed by atoms with Crippen molar-refractivity contribution in [1.29, 1.82) is 0 Å². The van der Waals surface area contributed by atoms with E-state index in [0.717, 1.165) is 19.6 Å². The molecular weight excluding hydrogens is 128 g/mol. The van der Waals surface area contributed by atoms with E-state index in [1.165, 1.54) is 0 Å². The predicted molar refractivity (Wildman–Crippen MR) is 40.7 cm³/mol. The molecule has 3 nitrogen and oxygen atoms in total. The largest absolute Gasteiger partial charge is 0.396 e. The summed E-state index contributed by atoms with van der Waals surface area (Å²) in [5.41, 5.74) is 5.58. The Morgan fingerprint density at radius 2 is 2.30 bits per heavy atom. The standard InChI is InChI=1S/C7H16N2O/c1-6(5-10)2-9-3-7(8)4-9/h6-7,10H,2-5,8H2,1H3. The summed E-state index contributed by atoms with van der Waals surface area (Å²) in [4.78, 5) is 2.27. The predicted octanol–water partition coefficient (Wildman–Crippen LogP) is -0.742. The molecule has 0 spiro atoms. The fourth-order valence-electron chi connectivity index (χ4n) is 1.26. The van der Waals surface area contributed by atoms with Crippen LogP contribution in [0.15, 0.2) is 0 Å². The molecule has 0 aromatic carbocycles. The molecule has 60 valence electrons. The van der Waals surface area contributed by atoms with E-state index in [1.807, 2.05) is 6.92 Å². The zero-order valence-corrected chi connectivity index (χ0v) is 6.45. The summed E-state index contributed by atoms with van der Waals surface area (Å²) in [5.74, 6) is 0.396. The van der Waals surface area contributed by atoms with Crippen LogP contribution in [0.25, 0.3) is 0 Å². The highest BCUT2D eigenvalue weighted by Crippen LogP contribution is 2.07. The van der Waals surface area contributed by atoms with Gasteiger partial charge in [-0.1, -0.05) is 6.92 Å². The van der Waals surface area contributed by atoms with Crippen LogP contribution in [0.3, 0.4) is 0 Å². The van der Waals surface area contributed by atoms with E-state index in [9.17, 15) is 0 Å². The van der Waals surface area contributed by atoms with E-state index in [4.69, 9.17) is 10.8 Å². The van der Waals surface area contributed by atoms with E-state index in [0.29, 0.717) is 12.0 Å². The molecule has 0 radical (unpaired) electrons. The maximum atomic E-state index is 8.71. The number of nitrogens with zero attached hydrogens (tertiary/aromatic N) is 1. The van der Waals surface area contributed by atoms with Crippen LogP contribution in [0, 0.1) is 5.92 Å². The molecular formula is C7H16N2O. The molecule has 0 aromatic heterocycles. The zero-order valence-electron chi connectivity index (χ0n) is 6.45. The Labute approximate surface area is 61.8 Å². The Morgan fingerprint density at radius 1 is 1.70 bits per heavy atom. The van der Waals surface area contributed by atoms with Crippen LogP contribution in [0.4, 0.5) is 0 Å². The molecule has 1 fully saturated rings. The fourth-order valence-corrected chi connectivity index (χ4v) is 1.26. The van der Waals surface area contributed by atoms with Crippen molar-refractivity contribution in [3.63, 3.8) is 0 Å². The molecule has 1 atom stereocenters. The average Bonchev–Trinajstić information content (AvgIpc) is 1.84. The molecule has 1 heterocycles. The van der Waals surface area contributed by atoms with Crippen LogP contribution < -0.4 is 5.73 Å². The first-order valence-corrected chi connectivity index (χ1v) is 3.81. The van der Waals surface area contributed by atoms with Crippen LogP contribution in [0.1, 0.15) is 6.92 Å². The van der Waals surface area contributed by atoms with Gasteiger partial charge in [-0.15, -0.1) is 0 Å². The van der Waals surface area contributed by atoms with Gasteiger partial charge in [0.25, 0.3) is 0 Å². The van der Waals surface area contributed by atoms with E-state index < -0.39 is 0 Å². The highest BCUT2D eigenvalue weighted by molar-refractivity contribution is 4.83. The lowest BCUT2D eigenvalue weighted by Crippen LogP contribution is -2.56. The second-order valence-electron chi connectivity index (χ2n) is 3.27. The Kier molecular flexibility index (Phi) is 2.65. The minimum Gasteiger partial charge on any atom is -0.396 e. The highest BCUT2D eigenvalue weighted by Gasteiger charge is 2.23. The molecule has 1 aliphatic heterocycles. The Morgan fingerprint density at radius 3 is 2.70 bits per heavy atom. The molecule has 3 N–H and O–H groups in total. The second-order valence-corrected chi connectivity index (χ2v) is 3.27. The van der Waals surface area contributed by atoms with Crippen molar-refractivity contribution < 1.29 is 5.11 Å². The minimum atomic E-state index is 0.283. The van der Waals surface area contributed by atoms with Gasteiger partial charge >= 0.3 is 0 Å². The molecule has 3 heteroatoms. The van der Waals surface area contributed by atoms with E-state index in [-0.39, 0.29) is 6.61 Å². The molecule has 0 aliphatic carbocycles. The molecule has 1 aliphatic rings. The number of hydrogen-bond donors (Lipinski definition) is 2. The molecule has 0 saturated carbocycles. The van der Waals surface area contributed by atoms with Gasteiger partial charge in [-0.3, -0.25) is 4.90 Å². The smallest absolute Gasteiger partial charge is 0.0468 e. The number of nitrogens with two attached hydrogens (primary N) is 1. The highest BCUT2D eigenvalue weighted by atomic mass is 16.3. The van der Waals surface area contributed by atoms with Crippen LogP contribution in [0.2, 0.25) is 0 Å². The zero-order chi connectivity index (χ0) is 7.56. The van der Waals surface area contributed by atoms with Crippen LogP contribution in [-0.4, -0.2) is 42.3 Å². The monoisotopic (exact) mass is 144 g/mol. The Hall–Kier alpha value is -0.120. The maximum Gasteiger partial charge on any atom is 0.0468 e. The van der Waals surface area contributed by atoms with E-state index in [2.05, 4.69) is 4.90 Å². The third kappa shape index (κ3) is 1.94. The first kappa shape index (κ1) is 7.98. The van der Waals surface area contributed by atoms with Gasteiger partial charge in [-0.05, 0) is 5.92 Å². The van der Waals surface area contributed by atoms with Gasteiger partial charge in [0.2, 0.25) is 0 Å². The number of likely N-dealkylation sites (tertiary alicyclic amines) is 1. The van der Waals surface area contributed by atoms with E-state index in [1.54, 1.807) is 0 Å². The Bertz CT molecular complexity index is 102. The minimum absolute atomic E-state index is 0.283. The average molecular weight is 144 g/mol. The lowest BCUT2D eigenvalue weighted by atomic mass is 10.1. The number of hydrogen-bond acceptors (Lipinski definition) is 3. The van der Waals surface area contributed by atoms with Crippen molar-refractivity contribution in [3.05, 3.63) is 0 Å². The van der Waals surface area contributed by atoms with Crippen LogP contribution in [-0.2, 0) is 0 Å². The van der Waals surface area contributed by atoms with E-state index >= 15 is 0 Å². The van der Waals surface area contributed by atoms with Crippen molar-refractivity contribution in [2.24, 2.45) is 11.7 Å². The van der Waals surface area contributed by atoms with Crippen molar-refractivity contribution in [3.8, 4) is 0 Å². The topological polar surface area (TPSA) is 49.5 Å². The van der Waals surface area contributed by atoms with Crippen molar-refractivity contribution in [1.82, 2.24) is 4.90 Å². The summed E-state index contributed by atoms with van der Waals surface area (Å²) in [5, 5.41) is 8.71. The summed E-state index contributed by atoms with van der Waals surface area (Å²) in [7, 11) is 0. The first-order valence-electron chi connectivity index (χ1n) is 3.81. The van der Waals surface area contributed by atoms with Gasteiger partial charge < -0.3 is 10.8 Å².